The number of nitro groups is 2. The predicted molar refractivity (Wildman–Crippen MR) is 78.6 cm³/mol. The average molecular weight is 283 g/mol. The number of benzene rings is 2. The number of nitrogens with zero attached hydrogens (tertiary/aromatic N) is 2. The van der Waals surface area contributed by atoms with Gasteiger partial charge in [0.15, 0.2) is 0 Å². The van der Waals surface area contributed by atoms with Crippen molar-refractivity contribution in [3.05, 3.63) is 92.4 Å². The molecule has 0 unspecified atom stereocenters. The Morgan fingerprint density at radius 2 is 1.24 bits per heavy atom. The van der Waals surface area contributed by atoms with Gasteiger partial charge in [0.2, 0.25) is 0 Å². The smallest absolute Gasteiger partial charge is 0.258 e. The van der Waals surface area contributed by atoms with Crippen LogP contribution in [0.3, 0.4) is 0 Å². The Bertz CT molecular complexity index is 710. The van der Waals surface area contributed by atoms with Gasteiger partial charge in [0.25, 0.3) is 11.4 Å². The Kier molecular flexibility index (Phi) is 4.40. The van der Waals surface area contributed by atoms with Gasteiger partial charge in [-0.1, -0.05) is 42.5 Å². The minimum Gasteiger partial charge on any atom is -0.258 e. The lowest BCUT2D eigenvalue weighted by atomic mass is 10.1. The van der Waals surface area contributed by atoms with Crippen molar-refractivity contribution >= 4 is 17.5 Å². The van der Waals surface area contributed by atoms with Gasteiger partial charge in [-0.25, -0.2) is 0 Å². The van der Waals surface area contributed by atoms with Crippen LogP contribution in [-0.2, 0) is 0 Å². The molecule has 2 rings (SSSR count). The van der Waals surface area contributed by atoms with Crippen LogP contribution in [0.25, 0.3) is 6.08 Å². The summed E-state index contributed by atoms with van der Waals surface area (Å²) in [6.45, 7) is 0. The lowest BCUT2D eigenvalue weighted by Gasteiger charge is -1.99. The normalized spacial score (nSPS) is 10.7. The summed E-state index contributed by atoms with van der Waals surface area (Å²) in [5.41, 5.74) is 0.865. The van der Waals surface area contributed by atoms with Crippen molar-refractivity contribution in [3.63, 3.8) is 0 Å². The number of allylic oxidation sites excluding steroid dienone is 1. The lowest BCUT2D eigenvalue weighted by molar-refractivity contribution is -0.385. The van der Waals surface area contributed by atoms with Crippen LogP contribution in [0.1, 0.15) is 11.1 Å². The highest BCUT2D eigenvalue weighted by Crippen LogP contribution is 2.22. The quantitative estimate of drug-likeness (QED) is 0.617. The summed E-state index contributed by atoms with van der Waals surface area (Å²) >= 11 is 0. The van der Waals surface area contributed by atoms with Crippen LogP contribution in [0, 0.1) is 26.6 Å². The van der Waals surface area contributed by atoms with Crippen LogP contribution in [0.2, 0.25) is 0 Å². The van der Waals surface area contributed by atoms with Crippen LogP contribution in [0.4, 0.5) is 11.4 Å². The molecule has 0 saturated carbocycles. The zero-order valence-electron chi connectivity index (χ0n) is 10.9. The molecular formula is C15H11N2O4. The maximum atomic E-state index is 10.9. The maximum absolute atomic E-state index is 10.9. The highest BCUT2D eigenvalue weighted by molar-refractivity contribution is 5.62. The minimum absolute atomic E-state index is 0.00953. The van der Waals surface area contributed by atoms with E-state index >= 15 is 0 Å². The van der Waals surface area contributed by atoms with Gasteiger partial charge in [-0.3, -0.25) is 20.2 Å². The Balaban J connectivity index is 2.21. The molecule has 6 nitrogen and oxygen atoms in total. The summed E-state index contributed by atoms with van der Waals surface area (Å²) in [6, 6.07) is 12.6. The number of nitro benzene ring substituents is 2. The third kappa shape index (κ3) is 3.50. The third-order valence-electron chi connectivity index (χ3n) is 2.82. The van der Waals surface area contributed by atoms with E-state index < -0.39 is 9.85 Å². The zero-order valence-corrected chi connectivity index (χ0v) is 10.9. The van der Waals surface area contributed by atoms with Crippen molar-refractivity contribution in [1.82, 2.24) is 0 Å². The first-order valence-electron chi connectivity index (χ1n) is 6.08. The molecule has 0 spiro atoms. The summed E-state index contributed by atoms with van der Waals surface area (Å²) in [5, 5.41) is 21.7. The maximum Gasteiger partial charge on any atom is 0.276 e. The fourth-order valence-corrected chi connectivity index (χ4v) is 1.84. The average Bonchev–Trinajstić information content (AvgIpc) is 2.48. The second-order valence-corrected chi connectivity index (χ2v) is 4.16. The molecular weight excluding hydrogens is 272 g/mol. The first-order valence-corrected chi connectivity index (χ1v) is 6.08. The van der Waals surface area contributed by atoms with E-state index in [1.54, 1.807) is 55.0 Å². The molecule has 0 saturated heterocycles. The van der Waals surface area contributed by atoms with Crippen molar-refractivity contribution in [3.8, 4) is 0 Å². The standard InChI is InChI=1S/C15H11N2O4/c18-16(19)14-10-3-1-6-12(14)8-5-9-13-7-2-4-11-15(13)17(20)21/h1-11H/b8-5+. The highest BCUT2D eigenvalue weighted by Gasteiger charge is 2.12. The molecule has 0 N–H and O–H groups in total. The lowest BCUT2D eigenvalue weighted by Crippen LogP contribution is -1.93. The molecule has 0 fully saturated rings. The van der Waals surface area contributed by atoms with Crippen LogP contribution in [-0.4, -0.2) is 9.85 Å². The first-order chi connectivity index (χ1) is 10.1. The molecule has 0 heterocycles. The molecule has 0 aliphatic rings. The topological polar surface area (TPSA) is 86.3 Å². The fraction of sp³-hybridized carbons (Fsp3) is 0. The molecule has 105 valence electrons. The van der Waals surface area contributed by atoms with E-state index in [1.165, 1.54) is 12.1 Å². The molecule has 1 radical (unpaired) electrons. The number of rotatable bonds is 5. The molecule has 2 aromatic rings. The SMILES string of the molecule is O=[N+]([O-])c1ccccc1[CH]/C=C/c1ccccc1[N+](=O)[O-]. The number of hydrogen-bond acceptors (Lipinski definition) is 4. The van der Waals surface area contributed by atoms with Gasteiger partial charge in [0.05, 0.1) is 15.4 Å². The molecule has 6 heteroatoms. The van der Waals surface area contributed by atoms with Gasteiger partial charge in [-0.15, -0.1) is 0 Å². The Morgan fingerprint density at radius 3 is 1.81 bits per heavy atom. The van der Waals surface area contributed by atoms with E-state index in [9.17, 15) is 20.2 Å². The van der Waals surface area contributed by atoms with Gasteiger partial charge >= 0.3 is 0 Å². The van der Waals surface area contributed by atoms with Crippen molar-refractivity contribution in [2.45, 2.75) is 0 Å². The molecule has 0 aliphatic heterocycles. The summed E-state index contributed by atoms with van der Waals surface area (Å²) < 4.78 is 0. The van der Waals surface area contributed by atoms with E-state index in [2.05, 4.69) is 0 Å². The van der Waals surface area contributed by atoms with Crippen molar-refractivity contribution in [1.29, 1.82) is 0 Å². The Morgan fingerprint density at radius 1 is 0.762 bits per heavy atom. The van der Waals surface area contributed by atoms with E-state index in [0.29, 0.717) is 11.1 Å². The fourth-order valence-electron chi connectivity index (χ4n) is 1.84. The van der Waals surface area contributed by atoms with Crippen molar-refractivity contribution in [2.24, 2.45) is 0 Å². The van der Waals surface area contributed by atoms with Crippen LogP contribution in [0.5, 0.6) is 0 Å². The molecule has 2 aromatic carbocycles. The van der Waals surface area contributed by atoms with Crippen LogP contribution in [0.15, 0.2) is 54.6 Å². The van der Waals surface area contributed by atoms with E-state index in [0.717, 1.165) is 0 Å². The largest absolute Gasteiger partial charge is 0.276 e. The van der Waals surface area contributed by atoms with E-state index in [4.69, 9.17) is 0 Å². The second-order valence-electron chi connectivity index (χ2n) is 4.16. The molecule has 21 heavy (non-hydrogen) atoms. The Labute approximate surface area is 120 Å². The van der Waals surface area contributed by atoms with Crippen LogP contribution < -0.4 is 0 Å². The van der Waals surface area contributed by atoms with Gasteiger partial charge in [0.1, 0.15) is 0 Å². The molecule has 0 aromatic heterocycles. The monoisotopic (exact) mass is 283 g/mol. The third-order valence-corrected chi connectivity index (χ3v) is 2.82. The van der Waals surface area contributed by atoms with Gasteiger partial charge in [-0.2, -0.15) is 0 Å². The molecule has 0 bridgehead atoms. The van der Waals surface area contributed by atoms with Gasteiger partial charge in [0, 0.05) is 24.1 Å². The summed E-state index contributed by atoms with van der Waals surface area (Å²) in [5.74, 6) is 0. The zero-order chi connectivity index (χ0) is 15.2. The first kappa shape index (κ1) is 14.4. The van der Waals surface area contributed by atoms with Gasteiger partial charge < -0.3 is 0 Å². The summed E-state index contributed by atoms with van der Waals surface area (Å²) in [7, 11) is 0. The minimum atomic E-state index is -0.468. The number of hydrogen-bond donors (Lipinski definition) is 0. The summed E-state index contributed by atoms with van der Waals surface area (Å²) in [6.07, 6.45) is 4.66. The van der Waals surface area contributed by atoms with Crippen LogP contribution >= 0.6 is 0 Å². The second kappa shape index (κ2) is 6.42. The van der Waals surface area contributed by atoms with Crippen molar-refractivity contribution < 1.29 is 9.85 Å². The molecule has 0 aliphatic carbocycles. The van der Waals surface area contributed by atoms with E-state index in [-0.39, 0.29) is 11.4 Å². The summed E-state index contributed by atoms with van der Waals surface area (Å²) in [4.78, 5) is 20.8. The number of para-hydroxylation sites is 2. The Hall–Kier alpha value is -3.02. The van der Waals surface area contributed by atoms with Gasteiger partial charge in [-0.05, 0) is 6.07 Å². The van der Waals surface area contributed by atoms with Crippen molar-refractivity contribution in [2.75, 3.05) is 0 Å². The molecule has 0 amide bonds. The van der Waals surface area contributed by atoms with E-state index in [1.807, 2.05) is 0 Å². The highest BCUT2D eigenvalue weighted by atomic mass is 16.6. The predicted octanol–water partition coefficient (Wildman–Crippen LogP) is 3.77. The molecule has 0 atom stereocenters.